The Morgan fingerprint density at radius 2 is 2.20 bits per heavy atom. The SMILES string of the molecule is CCc1cc(=O)[nH]c(-c2ccc(NC[C@H]3CCCCN3CC)nc2)n1. The van der Waals surface area contributed by atoms with Crippen LogP contribution in [-0.4, -0.2) is 45.5 Å². The molecule has 3 rings (SSSR count). The van der Waals surface area contributed by atoms with E-state index in [2.05, 4.69) is 32.1 Å². The normalized spacial score (nSPS) is 18.2. The van der Waals surface area contributed by atoms with Gasteiger partial charge in [0.1, 0.15) is 11.6 Å². The second kappa shape index (κ2) is 8.25. The largest absolute Gasteiger partial charge is 0.369 e. The summed E-state index contributed by atoms with van der Waals surface area (Å²) < 4.78 is 0. The molecule has 25 heavy (non-hydrogen) atoms. The van der Waals surface area contributed by atoms with Crippen molar-refractivity contribution >= 4 is 5.82 Å². The number of pyridine rings is 1. The molecule has 1 aliphatic heterocycles. The maximum atomic E-state index is 11.7. The lowest BCUT2D eigenvalue weighted by Gasteiger charge is -2.35. The highest BCUT2D eigenvalue weighted by molar-refractivity contribution is 5.55. The van der Waals surface area contributed by atoms with Crippen LogP contribution < -0.4 is 10.9 Å². The van der Waals surface area contributed by atoms with Gasteiger partial charge >= 0.3 is 0 Å². The molecule has 0 radical (unpaired) electrons. The minimum Gasteiger partial charge on any atom is -0.369 e. The number of aromatic nitrogens is 3. The Hall–Kier alpha value is -2.21. The minimum atomic E-state index is -0.124. The van der Waals surface area contributed by atoms with Crippen molar-refractivity contribution in [2.75, 3.05) is 25.0 Å². The summed E-state index contributed by atoms with van der Waals surface area (Å²) in [6, 6.07) is 6.02. The molecule has 1 fully saturated rings. The Bertz CT molecular complexity index is 740. The highest BCUT2D eigenvalue weighted by atomic mass is 16.1. The van der Waals surface area contributed by atoms with E-state index in [1.807, 2.05) is 19.1 Å². The number of anilines is 1. The van der Waals surface area contributed by atoms with Crippen LogP contribution in [0.5, 0.6) is 0 Å². The summed E-state index contributed by atoms with van der Waals surface area (Å²) in [6.45, 7) is 7.43. The fraction of sp³-hybridized carbons (Fsp3) is 0.526. The third-order valence-electron chi connectivity index (χ3n) is 4.87. The highest BCUT2D eigenvalue weighted by Gasteiger charge is 2.20. The molecule has 0 amide bonds. The second-order valence-corrected chi connectivity index (χ2v) is 6.53. The summed E-state index contributed by atoms with van der Waals surface area (Å²) in [4.78, 5) is 26.0. The average Bonchev–Trinajstić information content (AvgIpc) is 2.66. The number of aryl methyl sites for hydroxylation is 1. The summed E-state index contributed by atoms with van der Waals surface area (Å²) in [5.74, 6) is 1.44. The molecule has 2 aromatic rings. The fourth-order valence-electron chi connectivity index (χ4n) is 3.39. The van der Waals surface area contributed by atoms with Crippen molar-refractivity contribution in [2.45, 2.75) is 45.6 Å². The number of H-pyrrole nitrogens is 1. The molecule has 2 aromatic heterocycles. The highest BCUT2D eigenvalue weighted by Crippen LogP contribution is 2.18. The third-order valence-corrected chi connectivity index (χ3v) is 4.87. The van der Waals surface area contributed by atoms with Crippen LogP contribution in [0.1, 0.15) is 38.8 Å². The maximum Gasteiger partial charge on any atom is 0.251 e. The van der Waals surface area contributed by atoms with E-state index in [1.165, 1.54) is 31.9 Å². The lowest BCUT2D eigenvalue weighted by Crippen LogP contribution is -2.43. The van der Waals surface area contributed by atoms with Gasteiger partial charge in [-0.2, -0.15) is 0 Å². The van der Waals surface area contributed by atoms with Gasteiger partial charge in [-0.1, -0.05) is 20.3 Å². The van der Waals surface area contributed by atoms with Crippen molar-refractivity contribution in [1.82, 2.24) is 19.9 Å². The number of nitrogens with zero attached hydrogens (tertiary/aromatic N) is 3. The molecule has 1 saturated heterocycles. The molecule has 134 valence electrons. The van der Waals surface area contributed by atoms with Gasteiger partial charge in [0.05, 0.1) is 0 Å². The Morgan fingerprint density at radius 3 is 2.92 bits per heavy atom. The molecule has 0 aromatic carbocycles. The standard InChI is InChI=1S/C19H27N5O/c1-3-15-11-18(25)23-19(22-15)14-8-9-17(20-12-14)21-13-16-7-5-6-10-24(16)4-2/h8-9,11-12,16H,3-7,10,13H2,1-2H3,(H,20,21)(H,22,23,25)/t16-/m1/s1. The molecular formula is C19H27N5O. The van der Waals surface area contributed by atoms with Crippen molar-refractivity contribution in [1.29, 1.82) is 0 Å². The van der Waals surface area contributed by atoms with Gasteiger partial charge in [0.25, 0.3) is 5.56 Å². The van der Waals surface area contributed by atoms with E-state index in [1.54, 1.807) is 6.20 Å². The zero-order valence-corrected chi connectivity index (χ0v) is 15.1. The van der Waals surface area contributed by atoms with Crippen LogP contribution in [0.15, 0.2) is 29.2 Å². The summed E-state index contributed by atoms with van der Waals surface area (Å²) in [7, 11) is 0. The molecule has 6 heteroatoms. The molecule has 1 aliphatic rings. The lowest BCUT2D eigenvalue weighted by atomic mass is 10.0. The zero-order chi connectivity index (χ0) is 17.6. The first-order chi connectivity index (χ1) is 12.2. The Morgan fingerprint density at radius 1 is 1.32 bits per heavy atom. The fourth-order valence-corrected chi connectivity index (χ4v) is 3.39. The number of aromatic amines is 1. The lowest BCUT2D eigenvalue weighted by molar-refractivity contribution is 0.164. The van der Waals surface area contributed by atoms with Gasteiger partial charge in [-0.05, 0) is 44.5 Å². The van der Waals surface area contributed by atoms with Gasteiger partial charge < -0.3 is 10.3 Å². The third kappa shape index (κ3) is 4.45. The van der Waals surface area contributed by atoms with Crippen molar-refractivity contribution in [3.05, 3.63) is 40.4 Å². The summed E-state index contributed by atoms with van der Waals surface area (Å²) >= 11 is 0. The predicted molar refractivity (Wildman–Crippen MR) is 101 cm³/mol. The van der Waals surface area contributed by atoms with E-state index in [-0.39, 0.29) is 5.56 Å². The van der Waals surface area contributed by atoms with Crippen LogP contribution in [0.25, 0.3) is 11.4 Å². The van der Waals surface area contributed by atoms with E-state index >= 15 is 0 Å². The van der Waals surface area contributed by atoms with Gasteiger partial charge in [0, 0.05) is 36.1 Å². The summed E-state index contributed by atoms with van der Waals surface area (Å²) in [5.41, 5.74) is 1.49. The van der Waals surface area contributed by atoms with Crippen LogP contribution in [0.3, 0.4) is 0 Å². The van der Waals surface area contributed by atoms with Crippen LogP contribution in [0.4, 0.5) is 5.82 Å². The zero-order valence-electron chi connectivity index (χ0n) is 15.1. The predicted octanol–water partition coefficient (Wildman–Crippen LogP) is 2.68. The van der Waals surface area contributed by atoms with Gasteiger partial charge in [-0.25, -0.2) is 9.97 Å². The summed E-state index contributed by atoms with van der Waals surface area (Å²) in [5, 5.41) is 3.45. The quantitative estimate of drug-likeness (QED) is 0.845. The Balaban J connectivity index is 1.66. The first-order valence-electron chi connectivity index (χ1n) is 9.24. The minimum absolute atomic E-state index is 0.124. The van der Waals surface area contributed by atoms with Crippen molar-refractivity contribution < 1.29 is 0 Å². The topological polar surface area (TPSA) is 73.9 Å². The van der Waals surface area contributed by atoms with E-state index in [0.717, 1.165) is 36.6 Å². The molecule has 0 saturated carbocycles. The van der Waals surface area contributed by atoms with Gasteiger partial charge in [0.15, 0.2) is 0 Å². The molecule has 0 spiro atoms. The smallest absolute Gasteiger partial charge is 0.251 e. The van der Waals surface area contributed by atoms with Crippen LogP contribution >= 0.6 is 0 Å². The molecule has 0 aliphatic carbocycles. The number of nitrogens with one attached hydrogen (secondary N) is 2. The number of likely N-dealkylation sites (tertiary alicyclic amines) is 1. The van der Waals surface area contributed by atoms with Crippen molar-refractivity contribution in [2.24, 2.45) is 0 Å². The number of hydrogen-bond acceptors (Lipinski definition) is 5. The monoisotopic (exact) mass is 341 g/mol. The number of rotatable bonds is 6. The van der Waals surface area contributed by atoms with Gasteiger partial charge in [0.2, 0.25) is 0 Å². The number of likely N-dealkylation sites (N-methyl/N-ethyl adjacent to an activating group) is 1. The first-order valence-corrected chi connectivity index (χ1v) is 9.24. The number of piperidine rings is 1. The molecule has 0 bridgehead atoms. The van der Waals surface area contributed by atoms with Crippen molar-refractivity contribution in [3.63, 3.8) is 0 Å². The van der Waals surface area contributed by atoms with Crippen molar-refractivity contribution in [3.8, 4) is 11.4 Å². The first kappa shape index (κ1) is 17.6. The Kier molecular flexibility index (Phi) is 5.81. The van der Waals surface area contributed by atoms with Gasteiger partial charge in [-0.15, -0.1) is 0 Å². The molecule has 1 atom stereocenters. The Labute approximate surface area is 148 Å². The van der Waals surface area contributed by atoms with Crippen LogP contribution in [0.2, 0.25) is 0 Å². The molecular weight excluding hydrogens is 314 g/mol. The maximum absolute atomic E-state index is 11.7. The molecule has 3 heterocycles. The second-order valence-electron chi connectivity index (χ2n) is 6.53. The van der Waals surface area contributed by atoms with E-state index in [0.29, 0.717) is 11.9 Å². The van der Waals surface area contributed by atoms with Crippen LogP contribution in [-0.2, 0) is 6.42 Å². The van der Waals surface area contributed by atoms with Gasteiger partial charge in [-0.3, -0.25) is 9.69 Å². The molecule has 0 unspecified atom stereocenters. The average molecular weight is 341 g/mol. The summed E-state index contributed by atoms with van der Waals surface area (Å²) in [6.07, 6.45) is 6.35. The molecule has 6 nitrogen and oxygen atoms in total. The van der Waals surface area contributed by atoms with E-state index in [4.69, 9.17) is 0 Å². The molecule has 2 N–H and O–H groups in total. The number of hydrogen-bond donors (Lipinski definition) is 2. The van der Waals surface area contributed by atoms with E-state index in [9.17, 15) is 4.79 Å². The van der Waals surface area contributed by atoms with E-state index < -0.39 is 0 Å². The van der Waals surface area contributed by atoms with Crippen LogP contribution in [0, 0.1) is 0 Å².